The van der Waals surface area contributed by atoms with E-state index in [0.717, 1.165) is 56.7 Å². The summed E-state index contributed by atoms with van der Waals surface area (Å²) in [6.45, 7) is 15.6. The number of piperidine rings is 1. The van der Waals surface area contributed by atoms with Gasteiger partial charge in [-0.1, -0.05) is 37.6 Å². The van der Waals surface area contributed by atoms with Crippen LogP contribution in [0.3, 0.4) is 0 Å². The fourth-order valence-corrected chi connectivity index (χ4v) is 6.68. The minimum absolute atomic E-state index is 0.161. The number of benzene rings is 1. The Morgan fingerprint density at radius 2 is 2.03 bits per heavy atom. The maximum atomic E-state index is 9.44. The molecule has 1 aliphatic carbocycles. The Hall–Kier alpha value is -2.74. The van der Waals surface area contributed by atoms with E-state index < -0.39 is 0 Å². The molecule has 4 aliphatic rings. The predicted octanol–water partition coefficient (Wildman–Crippen LogP) is 6.43. The maximum absolute atomic E-state index is 9.44. The van der Waals surface area contributed by atoms with Gasteiger partial charge in [-0.2, -0.15) is 10.4 Å². The lowest BCUT2D eigenvalue weighted by molar-refractivity contribution is 0.125. The van der Waals surface area contributed by atoms with E-state index >= 15 is 0 Å². The molecule has 0 amide bonds. The lowest BCUT2D eigenvalue weighted by Crippen LogP contribution is -2.39. The molecule has 5 heteroatoms. The zero-order valence-corrected chi connectivity index (χ0v) is 22.3. The van der Waals surface area contributed by atoms with Crippen LogP contribution in [0.15, 0.2) is 35.5 Å². The lowest BCUT2D eigenvalue weighted by atomic mass is 9.73. The van der Waals surface area contributed by atoms with Crippen LogP contribution in [0.4, 0.5) is 0 Å². The fraction of sp³-hybridized carbons (Fsp3) is 0.600. The van der Waals surface area contributed by atoms with Crippen LogP contribution in [0.5, 0.6) is 0 Å². The molecule has 1 saturated heterocycles. The Morgan fingerprint density at radius 1 is 1.29 bits per heavy atom. The first-order valence-corrected chi connectivity index (χ1v) is 13.6. The summed E-state index contributed by atoms with van der Waals surface area (Å²) in [5, 5.41) is 16.6. The first kappa shape index (κ1) is 24.0. The highest BCUT2D eigenvalue weighted by molar-refractivity contribution is 6.04. The zero-order chi connectivity index (χ0) is 24.9. The van der Waals surface area contributed by atoms with E-state index in [2.05, 4.69) is 80.4 Å². The summed E-state index contributed by atoms with van der Waals surface area (Å²) in [5.41, 5.74) is 7.85. The molecule has 3 aliphatic heterocycles. The van der Waals surface area contributed by atoms with E-state index in [1.165, 1.54) is 35.1 Å². The van der Waals surface area contributed by atoms with Crippen LogP contribution in [0.25, 0.3) is 5.70 Å². The van der Waals surface area contributed by atoms with E-state index in [1.807, 2.05) is 0 Å². The molecule has 186 valence electrons. The number of nitrogens with zero attached hydrogens (tertiary/aromatic N) is 5. The second-order valence-electron chi connectivity index (χ2n) is 11.5. The Morgan fingerprint density at radius 3 is 2.66 bits per heavy atom. The van der Waals surface area contributed by atoms with E-state index in [4.69, 9.17) is 5.10 Å². The molecule has 3 unspecified atom stereocenters. The molecular weight excluding hydrogens is 430 g/mol. The Labute approximate surface area is 211 Å². The Kier molecular flexibility index (Phi) is 6.20. The van der Waals surface area contributed by atoms with E-state index in [1.54, 1.807) is 5.57 Å². The summed E-state index contributed by atoms with van der Waals surface area (Å²) in [6.07, 6.45) is 10.4. The first-order chi connectivity index (χ1) is 16.8. The number of rotatable bonds is 5. The molecule has 5 rings (SSSR count). The second kappa shape index (κ2) is 9.04. The third-order valence-electron chi connectivity index (χ3n) is 9.06. The number of nitriles is 1. The van der Waals surface area contributed by atoms with Crippen molar-refractivity contribution < 1.29 is 0 Å². The van der Waals surface area contributed by atoms with Gasteiger partial charge in [-0.3, -0.25) is 5.01 Å². The van der Waals surface area contributed by atoms with Crippen LogP contribution in [0.2, 0.25) is 0 Å². The van der Waals surface area contributed by atoms with Crippen molar-refractivity contribution in [1.29, 1.82) is 5.26 Å². The number of hydrazone groups is 1. The molecule has 3 heterocycles. The third kappa shape index (κ3) is 4.05. The van der Waals surface area contributed by atoms with Gasteiger partial charge in [0.05, 0.1) is 17.5 Å². The summed E-state index contributed by atoms with van der Waals surface area (Å²) in [5.74, 6) is 1.80. The molecule has 1 aromatic carbocycles. The second-order valence-corrected chi connectivity index (χ2v) is 11.5. The van der Waals surface area contributed by atoms with Crippen molar-refractivity contribution in [3.05, 3.63) is 52.6 Å². The number of amidine groups is 1. The molecule has 0 radical (unpaired) electrons. The third-order valence-corrected chi connectivity index (χ3v) is 9.06. The van der Waals surface area contributed by atoms with E-state index in [9.17, 15) is 5.26 Å². The van der Waals surface area contributed by atoms with Crippen LogP contribution in [0, 0.1) is 29.6 Å². The molecule has 1 fully saturated rings. The van der Waals surface area contributed by atoms with Crippen molar-refractivity contribution in [3.63, 3.8) is 0 Å². The van der Waals surface area contributed by atoms with Crippen LogP contribution in [-0.2, 0) is 0 Å². The number of aryl methyl sites for hydroxylation is 1. The van der Waals surface area contributed by atoms with Gasteiger partial charge in [0.2, 0.25) is 0 Å². The van der Waals surface area contributed by atoms with Gasteiger partial charge >= 0.3 is 0 Å². The molecule has 0 spiro atoms. The van der Waals surface area contributed by atoms with Gasteiger partial charge in [0.15, 0.2) is 5.84 Å². The summed E-state index contributed by atoms with van der Waals surface area (Å²) in [6, 6.07) is 7.62. The van der Waals surface area contributed by atoms with Gasteiger partial charge in [-0.05, 0) is 82.4 Å². The monoisotopic (exact) mass is 471 g/mol. The standard InChI is InChI=1S/C30H41N5/c1-7-8-28-33(6)32-29-27-18-25(20(2)17-26(27)22(4)35(28)29)21(3)34-15-11-24(12-16-34)23-9-13-30(5,19-31)14-10-23/h9,17-18,22,24,28H,3,7-8,10-16H2,1-2,4-6H3. The van der Waals surface area contributed by atoms with Gasteiger partial charge in [-0.25, -0.2) is 0 Å². The van der Waals surface area contributed by atoms with Crippen LogP contribution < -0.4 is 0 Å². The lowest BCUT2D eigenvalue weighted by Gasteiger charge is -2.38. The van der Waals surface area contributed by atoms with Crippen LogP contribution in [0.1, 0.15) is 94.0 Å². The first-order valence-electron chi connectivity index (χ1n) is 13.6. The summed E-state index contributed by atoms with van der Waals surface area (Å²) in [4.78, 5) is 5.01. The summed E-state index contributed by atoms with van der Waals surface area (Å²) >= 11 is 0. The van der Waals surface area contributed by atoms with Crippen molar-refractivity contribution in [2.45, 2.75) is 84.8 Å². The van der Waals surface area contributed by atoms with Gasteiger partial charge in [-0.15, -0.1) is 0 Å². The summed E-state index contributed by atoms with van der Waals surface area (Å²) in [7, 11) is 2.11. The van der Waals surface area contributed by atoms with Crippen molar-refractivity contribution in [1.82, 2.24) is 14.8 Å². The smallest absolute Gasteiger partial charge is 0.158 e. The molecule has 0 bridgehead atoms. The highest BCUT2D eigenvalue weighted by atomic mass is 15.6. The highest BCUT2D eigenvalue weighted by Crippen LogP contribution is 2.43. The summed E-state index contributed by atoms with van der Waals surface area (Å²) < 4.78 is 0. The number of hydrogen-bond donors (Lipinski definition) is 0. The number of allylic oxidation sites excluding steroid dienone is 2. The molecular formula is C30H41N5. The predicted molar refractivity (Wildman–Crippen MR) is 143 cm³/mol. The van der Waals surface area contributed by atoms with Crippen molar-refractivity contribution in [2.24, 2.45) is 16.4 Å². The van der Waals surface area contributed by atoms with Gasteiger partial charge < -0.3 is 9.80 Å². The van der Waals surface area contributed by atoms with Gasteiger partial charge in [0.1, 0.15) is 6.17 Å². The zero-order valence-electron chi connectivity index (χ0n) is 22.3. The number of fused-ring (bicyclic) bond motifs is 3. The number of hydrogen-bond acceptors (Lipinski definition) is 5. The van der Waals surface area contributed by atoms with Crippen LogP contribution >= 0.6 is 0 Å². The SMILES string of the molecule is C=C(c1cc2c(cc1C)C(C)N1C2=NN(C)C1CCC)N1CCC(C2=CCC(C)(C#N)CC2)CC1. The average Bonchev–Trinajstić information content (AvgIpc) is 3.32. The van der Waals surface area contributed by atoms with Gasteiger partial charge in [0.25, 0.3) is 0 Å². The molecule has 0 saturated carbocycles. The largest absolute Gasteiger partial charge is 0.371 e. The maximum Gasteiger partial charge on any atom is 0.158 e. The molecule has 35 heavy (non-hydrogen) atoms. The number of likely N-dealkylation sites (tertiary alicyclic amines) is 1. The fourth-order valence-electron chi connectivity index (χ4n) is 6.68. The van der Waals surface area contributed by atoms with Gasteiger partial charge in [0, 0.05) is 37.0 Å². The van der Waals surface area contributed by atoms with E-state index in [0.29, 0.717) is 18.1 Å². The molecule has 5 nitrogen and oxygen atoms in total. The van der Waals surface area contributed by atoms with Crippen molar-refractivity contribution in [2.75, 3.05) is 20.1 Å². The minimum Gasteiger partial charge on any atom is -0.371 e. The topological polar surface area (TPSA) is 45.9 Å². The minimum atomic E-state index is -0.161. The van der Waals surface area contributed by atoms with Crippen molar-refractivity contribution in [3.8, 4) is 6.07 Å². The molecule has 0 aromatic heterocycles. The molecule has 3 atom stereocenters. The Balaban J connectivity index is 1.31. The highest BCUT2D eigenvalue weighted by Gasteiger charge is 2.43. The van der Waals surface area contributed by atoms with Crippen LogP contribution in [-0.4, -0.2) is 46.9 Å². The average molecular weight is 472 g/mol. The molecule has 1 aromatic rings. The molecule has 0 N–H and O–H groups in total. The quantitative estimate of drug-likeness (QED) is 0.464. The van der Waals surface area contributed by atoms with Crippen molar-refractivity contribution >= 4 is 11.5 Å². The van der Waals surface area contributed by atoms with E-state index in [-0.39, 0.29) is 5.41 Å². The Bertz CT molecular complexity index is 1120. The normalized spacial score (nSPS) is 28.4.